The van der Waals surface area contributed by atoms with Crippen LogP contribution >= 0.6 is 0 Å². The van der Waals surface area contributed by atoms with E-state index in [9.17, 15) is 9.90 Å². The molecule has 2 rings (SSSR count). The second-order valence-corrected chi connectivity index (χ2v) is 4.82. The molecule has 1 aliphatic heterocycles. The Bertz CT molecular complexity index is 309. The standard InChI is InChI=1S/C12H18O3/c1-9(13)10-8-12(15-11(10,2)14)6-4-3-5-7-12/h8,14H,3-7H2,1-2H3. The van der Waals surface area contributed by atoms with Gasteiger partial charge in [0.1, 0.15) is 0 Å². The zero-order valence-electron chi connectivity index (χ0n) is 9.38. The van der Waals surface area contributed by atoms with Crippen LogP contribution in [-0.2, 0) is 9.53 Å². The monoisotopic (exact) mass is 210 g/mol. The highest BCUT2D eigenvalue weighted by Gasteiger charge is 2.47. The molecule has 0 bridgehead atoms. The lowest BCUT2D eigenvalue weighted by Gasteiger charge is -2.34. The minimum absolute atomic E-state index is 0.0950. The third kappa shape index (κ3) is 1.86. The van der Waals surface area contributed by atoms with Crippen molar-refractivity contribution in [3.63, 3.8) is 0 Å². The quantitative estimate of drug-likeness (QED) is 0.719. The third-order valence-corrected chi connectivity index (χ3v) is 3.39. The van der Waals surface area contributed by atoms with Crippen molar-refractivity contribution in [1.29, 1.82) is 0 Å². The summed E-state index contributed by atoms with van der Waals surface area (Å²) in [6.45, 7) is 3.04. The maximum absolute atomic E-state index is 11.4. The first-order chi connectivity index (χ1) is 6.95. The smallest absolute Gasteiger partial charge is 0.193 e. The lowest BCUT2D eigenvalue weighted by molar-refractivity contribution is -0.208. The van der Waals surface area contributed by atoms with Gasteiger partial charge in [-0.05, 0) is 32.8 Å². The summed E-state index contributed by atoms with van der Waals surface area (Å²) in [7, 11) is 0. The van der Waals surface area contributed by atoms with E-state index < -0.39 is 5.79 Å². The first-order valence-corrected chi connectivity index (χ1v) is 5.62. The van der Waals surface area contributed by atoms with Crippen LogP contribution in [0.3, 0.4) is 0 Å². The van der Waals surface area contributed by atoms with E-state index in [0.717, 1.165) is 25.7 Å². The predicted molar refractivity (Wildman–Crippen MR) is 56.3 cm³/mol. The van der Waals surface area contributed by atoms with E-state index in [0.29, 0.717) is 5.57 Å². The van der Waals surface area contributed by atoms with Gasteiger partial charge in [-0.15, -0.1) is 0 Å². The Morgan fingerprint density at radius 3 is 2.47 bits per heavy atom. The second kappa shape index (κ2) is 3.42. The van der Waals surface area contributed by atoms with Gasteiger partial charge in [-0.3, -0.25) is 4.79 Å². The topological polar surface area (TPSA) is 46.5 Å². The summed E-state index contributed by atoms with van der Waals surface area (Å²) >= 11 is 0. The van der Waals surface area contributed by atoms with E-state index in [1.54, 1.807) is 6.92 Å². The van der Waals surface area contributed by atoms with Gasteiger partial charge in [0.05, 0.1) is 11.2 Å². The molecular weight excluding hydrogens is 192 g/mol. The van der Waals surface area contributed by atoms with Gasteiger partial charge in [0.15, 0.2) is 11.6 Å². The number of hydrogen-bond acceptors (Lipinski definition) is 3. The molecule has 1 aliphatic carbocycles. The molecule has 3 heteroatoms. The summed E-state index contributed by atoms with van der Waals surface area (Å²) in [6.07, 6.45) is 7.13. The lowest BCUT2D eigenvalue weighted by atomic mass is 9.84. The fourth-order valence-corrected chi connectivity index (χ4v) is 2.70. The van der Waals surface area contributed by atoms with Crippen LogP contribution in [-0.4, -0.2) is 22.3 Å². The number of Topliss-reactive ketones (excluding diaryl/α,β-unsaturated/α-hetero) is 1. The summed E-state index contributed by atoms with van der Waals surface area (Å²) < 4.78 is 5.69. The van der Waals surface area contributed by atoms with E-state index in [1.807, 2.05) is 6.08 Å². The molecular formula is C12H18O3. The third-order valence-electron chi connectivity index (χ3n) is 3.39. The van der Waals surface area contributed by atoms with Crippen molar-refractivity contribution < 1.29 is 14.6 Å². The molecule has 84 valence electrons. The molecule has 1 spiro atoms. The number of carbonyl (C=O) groups excluding carboxylic acids is 1. The molecule has 1 fully saturated rings. The van der Waals surface area contributed by atoms with Crippen LogP contribution in [0.1, 0.15) is 46.0 Å². The second-order valence-electron chi connectivity index (χ2n) is 4.82. The molecule has 0 aromatic carbocycles. The Morgan fingerprint density at radius 2 is 2.00 bits per heavy atom. The van der Waals surface area contributed by atoms with Crippen molar-refractivity contribution in [3.05, 3.63) is 11.6 Å². The van der Waals surface area contributed by atoms with Crippen molar-refractivity contribution in [2.75, 3.05) is 0 Å². The van der Waals surface area contributed by atoms with Gasteiger partial charge in [-0.2, -0.15) is 0 Å². The van der Waals surface area contributed by atoms with Gasteiger partial charge in [0.25, 0.3) is 0 Å². The first-order valence-electron chi connectivity index (χ1n) is 5.62. The Balaban J connectivity index is 2.29. The molecule has 1 heterocycles. The molecule has 0 radical (unpaired) electrons. The van der Waals surface area contributed by atoms with Crippen LogP contribution in [0.5, 0.6) is 0 Å². The molecule has 1 atom stereocenters. The first kappa shape index (κ1) is 10.8. The van der Waals surface area contributed by atoms with Gasteiger partial charge in [-0.1, -0.05) is 19.3 Å². The normalized spacial score (nSPS) is 34.2. The maximum atomic E-state index is 11.4. The lowest BCUT2D eigenvalue weighted by Crippen LogP contribution is -2.38. The van der Waals surface area contributed by atoms with Gasteiger partial charge in [-0.25, -0.2) is 0 Å². The number of ketones is 1. The summed E-state index contributed by atoms with van der Waals surface area (Å²) in [5.74, 6) is -1.48. The molecule has 2 aliphatic rings. The van der Waals surface area contributed by atoms with Crippen LogP contribution in [0, 0.1) is 0 Å². The van der Waals surface area contributed by atoms with Gasteiger partial charge in [0.2, 0.25) is 0 Å². The Kier molecular flexibility index (Phi) is 2.47. The number of carbonyl (C=O) groups is 1. The summed E-state index contributed by atoms with van der Waals surface area (Å²) in [6, 6.07) is 0. The molecule has 1 saturated carbocycles. The number of ether oxygens (including phenoxy) is 1. The molecule has 0 aromatic heterocycles. The SMILES string of the molecule is CC(=O)C1=CC2(CCCCC2)OC1(C)O. The predicted octanol–water partition coefficient (Wildman–Crippen LogP) is 1.94. The number of aliphatic hydroxyl groups is 1. The van der Waals surface area contributed by atoms with Crippen LogP contribution in [0.25, 0.3) is 0 Å². The molecule has 15 heavy (non-hydrogen) atoms. The summed E-state index contributed by atoms with van der Waals surface area (Å²) in [5, 5.41) is 10.0. The van der Waals surface area contributed by atoms with E-state index >= 15 is 0 Å². The molecule has 1 N–H and O–H groups in total. The minimum Gasteiger partial charge on any atom is -0.362 e. The Morgan fingerprint density at radius 1 is 1.40 bits per heavy atom. The highest BCUT2D eigenvalue weighted by atomic mass is 16.6. The number of hydrogen-bond donors (Lipinski definition) is 1. The molecule has 3 nitrogen and oxygen atoms in total. The molecule has 0 aromatic rings. The van der Waals surface area contributed by atoms with Crippen LogP contribution in [0.15, 0.2) is 11.6 Å². The van der Waals surface area contributed by atoms with E-state index in [1.165, 1.54) is 13.3 Å². The summed E-state index contributed by atoms with van der Waals surface area (Å²) in [4.78, 5) is 11.4. The minimum atomic E-state index is -1.39. The fourth-order valence-electron chi connectivity index (χ4n) is 2.70. The van der Waals surface area contributed by atoms with Gasteiger partial charge < -0.3 is 9.84 Å². The van der Waals surface area contributed by atoms with Crippen molar-refractivity contribution in [2.24, 2.45) is 0 Å². The average molecular weight is 210 g/mol. The maximum Gasteiger partial charge on any atom is 0.193 e. The number of rotatable bonds is 1. The zero-order chi connectivity index (χ0) is 11.1. The van der Waals surface area contributed by atoms with Crippen LogP contribution < -0.4 is 0 Å². The Labute approximate surface area is 90.1 Å². The molecule has 1 unspecified atom stereocenters. The van der Waals surface area contributed by atoms with Crippen molar-refractivity contribution in [1.82, 2.24) is 0 Å². The largest absolute Gasteiger partial charge is 0.362 e. The van der Waals surface area contributed by atoms with Crippen LogP contribution in [0.2, 0.25) is 0 Å². The van der Waals surface area contributed by atoms with Crippen LogP contribution in [0.4, 0.5) is 0 Å². The molecule has 0 amide bonds. The van der Waals surface area contributed by atoms with Gasteiger partial charge in [0, 0.05) is 0 Å². The average Bonchev–Trinajstić information content (AvgIpc) is 2.39. The fraction of sp³-hybridized carbons (Fsp3) is 0.750. The summed E-state index contributed by atoms with van der Waals surface area (Å²) in [5.41, 5.74) is 0.0485. The Hall–Kier alpha value is -0.670. The van der Waals surface area contributed by atoms with E-state index in [4.69, 9.17) is 4.74 Å². The molecule has 0 saturated heterocycles. The highest BCUT2D eigenvalue weighted by Crippen LogP contribution is 2.44. The van der Waals surface area contributed by atoms with Crippen molar-refractivity contribution in [2.45, 2.75) is 57.3 Å². The van der Waals surface area contributed by atoms with E-state index in [2.05, 4.69) is 0 Å². The van der Waals surface area contributed by atoms with E-state index in [-0.39, 0.29) is 11.4 Å². The zero-order valence-corrected chi connectivity index (χ0v) is 9.38. The van der Waals surface area contributed by atoms with Crippen molar-refractivity contribution >= 4 is 5.78 Å². The van der Waals surface area contributed by atoms with Crippen molar-refractivity contribution in [3.8, 4) is 0 Å². The van der Waals surface area contributed by atoms with Gasteiger partial charge >= 0.3 is 0 Å². The highest BCUT2D eigenvalue weighted by molar-refractivity contribution is 5.95.